The third-order valence-electron chi connectivity index (χ3n) is 4.95. The normalized spacial score (nSPS) is 17.8. The maximum atomic E-state index is 12.2. The summed E-state index contributed by atoms with van der Waals surface area (Å²) in [5.41, 5.74) is 2.60. The molecule has 26 heavy (non-hydrogen) atoms. The number of aryl methyl sites for hydroxylation is 1. The Kier molecular flexibility index (Phi) is 4.82. The van der Waals surface area contributed by atoms with Gasteiger partial charge in [0.15, 0.2) is 0 Å². The third kappa shape index (κ3) is 3.92. The Bertz CT molecular complexity index is 804. The van der Waals surface area contributed by atoms with E-state index in [2.05, 4.69) is 10.6 Å². The molecule has 0 aromatic heterocycles. The second kappa shape index (κ2) is 6.78. The first-order valence-electron chi connectivity index (χ1n) is 8.77. The monoisotopic (exact) mass is 352 g/mol. The van der Waals surface area contributed by atoms with E-state index in [1.54, 1.807) is 0 Å². The number of urea groups is 1. The molecule has 0 spiro atoms. The summed E-state index contributed by atoms with van der Waals surface area (Å²) in [7, 11) is -0.457. The third-order valence-corrected chi connectivity index (χ3v) is 4.95. The fourth-order valence-electron chi connectivity index (χ4n) is 2.76. The number of hydrogen-bond acceptors (Lipinski definition) is 3. The minimum Gasteiger partial charge on any atom is -0.399 e. The first kappa shape index (κ1) is 18.5. The number of hydrogen-bond donors (Lipinski definition) is 2. The maximum absolute atomic E-state index is 12.2. The molecular weight excluding hydrogens is 327 g/mol. The van der Waals surface area contributed by atoms with E-state index in [1.165, 1.54) is 0 Å². The highest BCUT2D eigenvalue weighted by Gasteiger charge is 2.51. The molecule has 1 fully saturated rings. The zero-order chi connectivity index (χ0) is 18.9. The number of benzene rings is 2. The Morgan fingerprint density at radius 1 is 0.885 bits per heavy atom. The summed E-state index contributed by atoms with van der Waals surface area (Å²) in [6, 6.07) is 14.9. The number of carbonyl (C=O) groups excluding carboxylic acids is 1. The van der Waals surface area contributed by atoms with E-state index in [4.69, 9.17) is 9.31 Å². The molecule has 5 nitrogen and oxygen atoms in total. The molecule has 0 unspecified atom stereocenters. The molecule has 136 valence electrons. The Hall–Kier alpha value is -2.31. The van der Waals surface area contributed by atoms with Gasteiger partial charge >= 0.3 is 13.1 Å². The summed E-state index contributed by atoms with van der Waals surface area (Å²) in [5.74, 6) is 0. The lowest BCUT2D eigenvalue weighted by Crippen LogP contribution is -2.41. The van der Waals surface area contributed by atoms with Gasteiger partial charge < -0.3 is 19.9 Å². The van der Waals surface area contributed by atoms with Gasteiger partial charge in [-0.1, -0.05) is 24.3 Å². The van der Waals surface area contributed by atoms with Crippen molar-refractivity contribution in [3.8, 4) is 0 Å². The van der Waals surface area contributed by atoms with E-state index in [-0.39, 0.29) is 6.03 Å². The number of anilines is 2. The van der Waals surface area contributed by atoms with E-state index in [1.807, 2.05) is 83.1 Å². The summed E-state index contributed by atoms with van der Waals surface area (Å²) in [6.45, 7) is 10.1. The molecule has 0 radical (unpaired) electrons. The van der Waals surface area contributed by atoms with Crippen molar-refractivity contribution < 1.29 is 14.1 Å². The summed E-state index contributed by atoms with van der Waals surface area (Å²) in [5, 5.41) is 5.69. The topological polar surface area (TPSA) is 59.6 Å². The molecule has 6 heteroatoms. The Balaban J connectivity index is 1.69. The summed E-state index contributed by atoms with van der Waals surface area (Å²) < 4.78 is 12.1. The Labute approximate surface area is 155 Å². The summed E-state index contributed by atoms with van der Waals surface area (Å²) >= 11 is 0. The van der Waals surface area contributed by atoms with Gasteiger partial charge in [0.25, 0.3) is 0 Å². The molecule has 1 heterocycles. The van der Waals surface area contributed by atoms with Crippen LogP contribution in [0.25, 0.3) is 0 Å². The van der Waals surface area contributed by atoms with Crippen LogP contribution >= 0.6 is 0 Å². The maximum Gasteiger partial charge on any atom is 0.494 e. The van der Waals surface area contributed by atoms with Crippen LogP contribution in [0.2, 0.25) is 0 Å². The molecule has 1 aliphatic rings. The van der Waals surface area contributed by atoms with Gasteiger partial charge in [-0.2, -0.15) is 0 Å². The second-order valence-corrected chi connectivity index (χ2v) is 7.66. The lowest BCUT2D eigenvalue weighted by molar-refractivity contribution is 0.00578. The van der Waals surface area contributed by atoms with Crippen molar-refractivity contribution in [1.29, 1.82) is 0 Å². The van der Waals surface area contributed by atoms with Crippen molar-refractivity contribution in [1.82, 2.24) is 0 Å². The number of nitrogens with one attached hydrogen (secondary N) is 2. The second-order valence-electron chi connectivity index (χ2n) is 7.66. The zero-order valence-electron chi connectivity index (χ0n) is 15.9. The van der Waals surface area contributed by atoms with Gasteiger partial charge in [0.1, 0.15) is 0 Å². The fraction of sp³-hybridized carbons (Fsp3) is 0.350. The van der Waals surface area contributed by atoms with Crippen LogP contribution in [0.3, 0.4) is 0 Å². The molecule has 1 saturated heterocycles. The van der Waals surface area contributed by atoms with E-state index in [0.29, 0.717) is 5.69 Å². The van der Waals surface area contributed by atoms with Gasteiger partial charge in [-0.3, -0.25) is 0 Å². The van der Waals surface area contributed by atoms with Gasteiger partial charge in [0, 0.05) is 11.4 Å². The van der Waals surface area contributed by atoms with E-state index in [0.717, 1.165) is 16.7 Å². The van der Waals surface area contributed by atoms with Gasteiger partial charge in [0.05, 0.1) is 11.2 Å². The lowest BCUT2D eigenvalue weighted by Gasteiger charge is -2.32. The summed E-state index contributed by atoms with van der Waals surface area (Å²) in [6.07, 6.45) is 0. The van der Waals surface area contributed by atoms with Gasteiger partial charge in [0.2, 0.25) is 0 Å². The highest BCUT2D eigenvalue weighted by Crippen LogP contribution is 2.36. The van der Waals surface area contributed by atoms with Crippen molar-refractivity contribution in [3.05, 3.63) is 54.1 Å². The Morgan fingerprint density at radius 2 is 1.42 bits per heavy atom. The zero-order valence-corrected chi connectivity index (χ0v) is 15.9. The molecule has 1 aliphatic heterocycles. The first-order chi connectivity index (χ1) is 12.2. The van der Waals surface area contributed by atoms with Crippen molar-refractivity contribution in [2.24, 2.45) is 0 Å². The molecule has 0 saturated carbocycles. The van der Waals surface area contributed by atoms with Crippen LogP contribution < -0.4 is 16.1 Å². The smallest absolute Gasteiger partial charge is 0.399 e. The predicted octanol–water partition coefficient (Wildman–Crippen LogP) is 3.94. The molecule has 0 atom stereocenters. The van der Waals surface area contributed by atoms with Crippen LogP contribution in [-0.4, -0.2) is 24.4 Å². The molecule has 2 aromatic carbocycles. The highest BCUT2D eigenvalue weighted by atomic mass is 16.7. The van der Waals surface area contributed by atoms with Crippen molar-refractivity contribution in [2.75, 3.05) is 10.6 Å². The predicted molar refractivity (Wildman–Crippen MR) is 106 cm³/mol. The van der Waals surface area contributed by atoms with Crippen LogP contribution in [0.4, 0.5) is 16.2 Å². The number of carbonyl (C=O) groups is 1. The molecule has 0 bridgehead atoms. The van der Waals surface area contributed by atoms with Gasteiger partial charge in [-0.05, 0) is 69.9 Å². The van der Waals surface area contributed by atoms with E-state index < -0.39 is 18.3 Å². The van der Waals surface area contributed by atoms with Crippen LogP contribution in [0, 0.1) is 6.92 Å². The Morgan fingerprint density at radius 3 is 2.00 bits per heavy atom. The van der Waals surface area contributed by atoms with Crippen LogP contribution in [0.1, 0.15) is 33.3 Å². The number of amides is 2. The van der Waals surface area contributed by atoms with E-state index in [9.17, 15) is 4.79 Å². The number of rotatable bonds is 3. The molecule has 2 amide bonds. The quantitative estimate of drug-likeness (QED) is 0.823. The van der Waals surface area contributed by atoms with E-state index >= 15 is 0 Å². The average Bonchev–Trinajstić information content (AvgIpc) is 2.75. The minimum absolute atomic E-state index is 0.290. The molecular formula is C20H25BN2O3. The summed E-state index contributed by atoms with van der Waals surface area (Å²) in [4.78, 5) is 12.2. The first-order valence-corrected chi connectivity index (χ1v) is 8.77. The van der Waals surface area contributed by atoms with Crippen molar-refractivity contribution in [2.45, 2.75) is 45.8 Å². The molecule has 2 N–H and O–H groups in total. The molecule has 3 rings (SSSR count). The molecule has 2 aromatic rings. The van der Waals surface area contributed by atoms with Crippen LogP contribution in [-0.2, 0) is 9.31 Å². The lowest BCUT2D eigenvalue weighted by atomic mass is 9.79. The largest absolute Gasteiger partial charge is 0.494 e. The van der Waals surface area contributed by atoms with Gasteiger partial charge in [-0.25, -0.2) is 4.79 Å². The van der Waals surface area contributed by atoms with Crippen LogP contribution in [0.5, 0.6) is 0 Å². The van der Waals surface area contributed by atoms with Crippen LogP contribution in [0.15, 0.2) is 48.5 Å². The highest BCUT2D eigenvalue weighted by molar-refractivity contribution is 6.62. The molecule has 0 aliphatic carbocycles. The van der Waals surface area contributed by atoms with Crippen molar-refractivity contribution >= 4 is 30.0 Å². The van der Waals surface area contributed by atoms with Gasteiger partial charge in [-0.15, -0.1) is 0 Å². The minimum atomic E-state index is -0.457. The van der Waals surface area contributed by atoms with Crippen molar-refractivity contribution in [3.63, 3.8) is 0 Å². The fourth-order valence-corrected chi connectivity index (χ4v) is 2.76. The SMILES string of the molecule is Cc1cccc(NC(=O)Nc2cccc(B3OC(C)(C)C(C)(C)O3)c2)c1. The standard InChI is InChI=1S/C20H25BN2O3/c1-14-8-6-10-16(12-14)22-18(24)23-17-11-7-9-15(13-17)21-25-19(2,3)20(4,5)26-21/h6-13H,1-5H3,(H2,22,23,24). The average molecular weight is 352 g/mol.